The van der Waals surface area contributed by atoms with E-state index in [4.69, 9.17) is 64.9 Å². The molecule has 0 saturated carbocycles. The molecule has 43 heavy (non-hydrogen) atoms. The lowest BCUT2D eigenvalue weighted by Gasteiger charge is -2.06. The van der Waals surface area contributed by atoms with Crippen molar-refractivity contribution in [3.05, 3.63) is 75.2 Å². The molecule has 0 fully saturated rings. The Morgan fingerprint density at radius 3 is 1.70 bits per heavy atom. The van der Waals surface area contributed by atoms with Gasteiger partial charge in [-0.25, -0.2) is 17.9 Å². The van der Waals surface area contributed by atoms with Crippen molar-refractivity contribution in [1.82, 2.24) is 4.72 Å². The van der Waals surface area contributed by atoms with Gasteiger partial charge in [0, 0.05) is 17.9 Å². The second-order valence-electron chi connectivity index (χ2n) is 7.95. The zero-order valence-electron chi connectivity index (χ0n) is 21.3. The molecule has 0 aliphatic rings. The summed E-state index contributed by atoms with van der Waals surface area (Å²) in [6, 6.07) is 10.4. The Morgan fingerprint density at radius 2 is 1.26 bits per heavy atom. The second-order valence-corrected chi connectivity index (χ2v) is 12.3. The maximum absolute atomic E-state index is 11.8. The first-order valence-electron chi connectivity index (χ1n) is 11.2. The van der Waals surface area contributed by atoms with Gasteiger partial charge in [0.1, 0.15) is 0 Å². The zero-order valence-corrected chi connectivity index (χ0v) is 25.2. The number of aromatic hydroxyl groups is 3. The largest absolute Gasteiger partial charge is 0.505 e. The molecule has 0 aliphatic heterocycles. The van der Waals surface area contributed by atoms with Gasteiger partial charge in [0.05, 0.1) is 25.4 Å². The van der Waals surface area contributed by atoms with Gasteiger partial charge in [-0.2, -0.15) is 8.42 Å². The van der Waals surface area contributed by atoms with Crippen LogP contribution in [0.2, 0.25) is 15.1 Å². The molecule has 7 N–H and O–H groups in total. The molecular weight excluding hydrogens is 681 g/mol. The highest BCUT2D eigenvalue weighted by Gasteiger charge is 2.17. The van der Waals surface area contributed by atoms with E-state index in [0.717, 1.165) is 24.3 Å². The predicted molar refractivity (Wildman–Crippen MR) is 153 cm³/mol. The van der Waals surface area contributed by atoms with Crippen LogP contribution in [0.25, 0.3) is 0 Å². The maximum Gasteiger partial charge on any atom is 0.335 e. The first kappa shape index (κ1) is 37.2. The number of carboxylic acid groups (broad SMARTS) is 2. The lowest BCUT2D eigenvalue weighted by molar-refractivity contribution is -0.137. The van der Waals surface area contributed by atoms with Gasteiger partial charge >= 0.3 is 11.9 Å². The number of phenols is 3. The van der Waals surface area contributed by atoms with Gasteiger partial charge in [0.15, 0.2) is 17.2 Å². The smallest absolute Gasteiger partial charge is 0.335 e. The van der Waals surface area contributed by atoms with Crippen molar-refractivity contribution >= 4 is 72.8 Å². The Kier molecular flexibility index (Phi) is 14.0. The number of nitrogens with one attached hydrogen (secondary N) is 1. The average molecular weight is 703 g/mol. The average Bonchev–Trinajstić information content (AvgIpc) is 2.88. The summed E-state index contributed by atoms with van der Waals surface area (Å²) < 4.78 is 55.2. The van der Waals surface area contributed by atoms with Crippen LogP contribution in [-0.4, -0.2) is 64.8 Å². The van der Waals surface area contributed by atoms with Crippen LogP contribution in [0.15, 0.2) is 64.4 Å². The fourth-order valence-corrected chi connectivity index (χ4v) is 4.91. The summed E-state index contributed by atoms with van der Waals surface area (Å²) in [5.74, 6) is -4.08. The first-order chi connectivity index (χ1) is 19.7. The highest BCUT2D eigenvalue weighted by atomic mass is 35.5. The third kappa shape index (κ3) is 12.9. The number of sulfonamides is 1. The van der Waals surface area contributed by atoms with E-state index < -0.39 is 54.4 Å². The Balaban J connectivity index is 0.000000337. The minimum Gasteiger partial charge on any atom is -0.505 e. The number of halogens is 3. The molecule has 3 aromatic rings. The van der Waals surface area contributed by atoms with Gasteiger partial charge in [-0.3, -0.25) is 14.1 Å². The van der Waals surface area contributed by atoms with Gasteiger partial charge in [-0.15, -0.1) is 0 Å². The van der Waals surface area contributed by atoms with Crippen LogP contribution in [0.5, 0.6) is 17.2 Å². The number of hydrogen-bond donors (Lipinski definition) is 7. The SMILES string of the molecule is O=C(O)CCCC(=O)NS(=O)(=O)c1ccc(Cl)cc1.O=C(O)c1ccc(O)c(O)c1.O=S(=O)(O)c1cc(Cl)c(O)c(Cl)c1. The monoisotopic (exact) mass is 701 g/mol. The molecule has 3 aromatic carbocycles. The van der Waals surface area contributed by atoms with E-state index >= 15 is 0 Å². The first-order valence-corrected chi connectivity index (χ1v) is 15.2. The van der Waals surface area contributed by atoms with Crippen LogP contribution >= 0.6 is 34.8 Å². The molecule has 0 aliphatic carbocycles. The van der Waals surface area contributed by atoms with Crippen LogP contribution in [0.1, 0.15) is 29.6 Å². The fourth-order valence-electron chi connectivity index (χ4n) is 2.62. The molecule has 0 heterocycles. The fraction of sp³-hybridized carbons (Fsp3) is 0.125. The van der Waals surface area contributed by atoms with Crippen molar-refractivity contribution in [2.45, 2.75) is 29.1 Å². The molecule has 14 nitrogen and oxygen atoms in total. The lowest BCUT2D eigenvalue weighted by atomic mass is 10.2. The number of aromatic carboxylic acids is 1. The van der Waals surface area contributed by atoms with E-state index in [1.807, 2.05) is 4.72 Å². The van der Waals surface area contributed by atoms with Crippen LogP contribution in [0, 0.1) is 0 Å². The Hall–Kier alpha value is -3.80. The molecule has 0 spiro atoms. The lowest BCUT2D eigenvalue weighted by Crippen LogP contribution is -2.30. The predicted octanol–water partition coefficient (Wildman–Crippen LogP) is 4.14. The van der Waals surface area contributed by atoms with Crippen molar-refractivity contribution < 1.29 is 61.3 Å². The van der Waals surface area contributed by atoms with Gasteiger partial charge in [0.2, 0.25) is 5.91 Å². The van der Waals surface area contributed by atoms with Crippen molar-refractivity contribution in [3.63, 3.8) is 0 Å². The number of carbonyl (C=O) groups is 3. The molecule has 0 aromatic heterocycles. The van der Waals surface area contributed by atoms with Crippen molar-refractivity contribution in [1.29, 1.82) is 0 Å². The maximum atomic E-state index is 11.8. The summed E-state index contributed by atoms with van der Waals surface area (Å²) >= 11 is 16.5. The highest BCUT2D eigenvalue weighted by molar-refractivity contribution is 7.90. The van der Waals surface area contributed by atoms with Crippen molar-refractivity contribution in [2.24, 2.45) is 0 Å². The normalized spacial score (nSPS) is 10.8. The summed E-state index contributed by atoms with van der Waals surface area (Å²) in [7, 11) is -8.28. The minimum absolute atomic E-state index is 0.0553. The molecule has 0 unspecified atom stereocenters. The standard InChI is InChI=1S/C11H12ClNO5S.C7H6O4.C6H4Cl2O4S/c12-8-4-6-9(7-5-8)19(17,18)13-10(14)2-1-3-11(15)16;8-5-2-1-4(7(10)11)3-6(5)9;7-4-1-3(13(10,11)12)2-5(8)6(4)9/h4-7H,1-3H2,(H,13,14)(H,15,16);1-3,8-9H,(H,10,11);1-2,9H,(H,10,11,12). The van der Waals surface area contributed by atoms with Crippen LogP contribution in [0.3, 0.4) is 0 Å². The topological polar surface area (TPSA) is 253 Å². The van der Waals surface area contributed by atoms with Crippen molar-refractivity contribution in [2.75, 3.05) is 0 Å². The van der Waals surface area contributed by atoms with Gasteiger partial charge in [-0.1, -0.05) is 34.8 Å². The molecule has 0 radical (unpaired) electrons. The number of phenolic OH excluding ortho intramolecular Hbond substituents is 3. The van der Waals surface area contributed by atoms with Crippen molar-refractivity contribution in [3.8, 4) is 17.2 Å². The summed E-state index contributed by atoms with van der Waals surface area (Å²) in [6.45, 7) is 0. The van der Waals surface area contributed by atoms with E-state index in [1.165, 1.54) is 30.3 Å². The Morgan fingerprint density at radius 1 is 0.721 bits per heavy atom. The summed E-state index contributed by atoms with van der Waals surface area (Å²) in [5, 5.41) is 43.4. The van der Waals surface area contributed by atoms with Crippen LogP contribution in [-0.2, 0) is 29.7 Å². The van der Waals surface area contributed by atoms with Gasteiger partial charge in [0.25, 0.3) is 20.1 Å². The van der Waals surface area contributed by atoms with E-state index in [-0.39, 0.29) is 45.5 Å². The summed E-state index contributed by atoms with van der Waals surface area (Å²) in [4.78, 5) is 31.4. The molecule has 19 heteroatoms. The van der Waals surface area contributed by atoms with Crippen LogP contribution < -0.4 is 4.72 Å². The number of benzene rings is 3. The molecule has 0 atom stereocenters. The number of hydrogen-bond acceptors (Lipinski definition) is 10. The third-order valence-electron chi connectivity index (χ3n) is 4.68. The van der Waals surface area contributed by atoms with Gasteiger partial charge in [-0.05, 0) is 61.0 Å². The molecule has 1 amide bonds. The number of carboxylic acids is 2. The number of aliphatic carboxylic acids is 1. The molecule has 0 saturated heterocycles. The number of carbonyl (C=O) groups excluding carboxylic acids is 1. The van der Waals surface area contributed by atoms with Gasteiger partial charge < -0.3 is 25.5 Å². The van der Waals surface area contributed by atoms with Crippen LogP contribution in [0.4, 0.5) is 0 Å². The Bertz CT molecular complexity index is 1670. The summed E-state index contributed by atoms with van der Waals surface area (Å²) in [5.41, 5.74) is -0.0553. The van der Waals surface area contributed by atoms with E-state index in [1.54, 1.807) is 0 Å². The zero-order chi connectivity index (χ0) is 33.1. The second kappa shape index (κ2) is 16.2. The molecule has 234 valence electrons. The third-order valence-corrected chi connectivity index (χ3v) is 7.73. The molecule has 3 rings (SSSR count). The van der Waals surface area contributed by atoms with E-state index in [2.05, 4.69) is 0 Å². The minimum atomic E-state index is -4.34. The number of amides is 1. The summed E-state index contributed by atoms with van der Waals surface area (Å²) in [6.07, 6.45) is -0.273. The Labute approximate surface area is 259 Å². The van der Waals surface area contributed by atoms with E-state index in [9.17, 15) is 31.2 Å². The number of rotatable bonds is 8. The highest BCUT2D eigenvalue weighted by Crippen LogP contribution is 2.34. The quantitative estimate of drug-likeness (QED) is 0.129. The van der Waals surface area contributed by atoms with E-state index in [0.29, 0.717) is 5.02 Å². The molecular formula is C24H22Cl3NO13S2. The molecule has 0 bridgehead atoms.